The van der Waals surface area contributed by atoms with Gasteiger partial charge in [0.05, 0.1) is 5.39 Å². The van der Waals surface area contributed by atoms with Crippen molar-refractivity contribution in [2.75, 3.05) is 5.32 Å². The number of nitrogens with one attached hydrogen (secondary N) is 1. The molecule has 5 nitrogen and oxygen atoms in total. The van der Waals surface area contributed by atoms with Crippen LogP contribution in [0.15, 0.2) is 52.2 Å². The number of carbonyl (C=O) groups excluding carboxylic acids is 1. The molecular formula is C21H23N3O2S. The molecule has 140 valence electrons. The maximum Gasteiger partial charge on any atom is 0.276 e. The lowest BCUT2D eigenvalue weighted by molar-refractivity contribution is 0.102. The Kier molecular flexibility index (Phi) is 5.65. The standard InChI is InChI=1S/C21H23N3O2S/c1-5-14(3)27-15-10-11-18(13(2)12-15)22-20(25)19-16-8-6-7-9-17(16)21(26)24(4)23-19/h6-12,14H,5H2,1-4H3,(H,22,25). The first-order valence-corrected chi connectivity index (χ1v) is 9.83. The third-order valence-corrected chi connectivity index (χ3v) is 5.79. The van der Waals surface area contributed by atoms with E-state index in [0.29, 0.717) is 16.0 Å². The van der Waals surface area contributed by atoms with Gasteiger partial charge < -0.3 is 5.32 Å². The fourth-order valence-electron chi connectivity index (χ4n) is 2.81. The van der Waals surface area contributed by atoms with Crippen LogP contribution in [0.5, 0.6) is 0 Å². The molecule has 1 amide bonds. The molecule has 2 aromatic carbocycles. The van der Waals surface area contributed by atoms with Gasteiger partial charge in [0.25, 0.3) is 11.5 Å². The Morgan fingerprint density at radius 2 is 1.93 bits per heavy atom. The molecule has 0 saturated carbocycles. The number of thioether (sulfide) groups is 1. The number of carbonyl (C=O) groups is 1. The highest BCUT2D eigenvalue weighted by Crippen LogP contribution is 2.28. The lowest BCUT2D eigenvalue weighted by Gasteiger charge is -2.13. The van der Waals surface area contributed by atoms with E-state index in [1.165, 1.54) is 9.58 Å². The van der Waals surface area contributed by atoms with Crippen LogP contribution >= 0.6 is 11.8 Å². The second-order valence-corrected chi connectivity index (χ2v) is 8.10. The SMILES string of the molecule is CCC(C)Sc1ccc(NC(=O)c2nn(C)c(=O)c3ccccc23)c(C)c1. The summed E-state index contributed by atoms with van der Waals surface area (Å²) in [5, 5.41) is 8.70. The van der Waals surface area contributed by atoms with Gasteiger partial charge >= 0.3 is 0 Å². The van der Waals surface area contributed by atoms with Gasteiger partial charge in [-0.25, -0.2) is 4.68 Å². The van der Waals surface area contributed by atoms with Crippen LogP contribution in [0.4, 0.5) is 5.69 Å². The van der Waals surface area contributed by atoms with E-state index >= 15 is 0 Å². The van der Waals surface area contributed by atoms with Crippen molar-refractivity contribution in [1.29, 1.82) is 0 Å². The van der Waals surface area contributed by atoms with E-state index in [1.54, 1.807) is 31.3 Å². The summed E-state index contributed by atoms with van der Waals surface area (Å²) in [6.07, 6.45) is 1.10. The van der Waals surface area contributed by atoms with Crippen LogP contribution in [0.25, 0.3) is 10.8 Å². The van der Waals surface area contributed by atoms with E-state index in [-0.39, 0.29) is 17.2 Å². The molecule has 0 fully saturated rings. The number of amides is 1. The van der Waals surface area contributed by atoms with Gasteiger partial charge in [0.2, 0.25) is 0 Å². The highest BCUT2D eigenvalue weighted by molar-refractivity contribution is 7.99. The van der Waals surface area contributed by atoms with Crippen molar-refractivity contribution < 1.29 is 4.79 Å². The van der Waals surface area contributed by atoms with Gasteiger partial charge in [-0.2, -0.15) is 5.10 Å². The summed E-state index contributed by atoms with van der Waals surface area (Å²) in [7, 11) is 1.55. The van der Waals surface area contributed by atoms with Crippen LogP contribution in [-0.2, 0) is 7.05 Å². The van der Waals surface area contributed by atoms with Crippen molar-refractivity contribution >= 4 is 34.1 Å². The number of anilines is 1. The minimum atomic E-state index is -0.327. The number of hydrogen-bond donors (Lipinski definition) is 1. The van der Waals surface area contributed by atoms with Crippen LogP contribution in [0, 0.1) is 6.92 Å². The molecule has 0 saturated heterocycles. The summed E-state index contributed by atoms with van der Waals surface area (Å²) in [6.45, 7) is 6.35. The monoisotopic (exact) mass is 381 g/mol. The third kappa shape index (κ3) is 4.06. The molecule has 1 heterocycles. The smallest absolute Gasteiger partial charge is 0.276 e. The second-order valence-electron chi connectivity index (χ2n) is 6.59. The van der Waals surface area contributed by atoms with Crippen molar-refractivity contribution in [2.24, 2.45) is 7.05 Å². The predicted molar refractivity (Wildman–Crippen MR) is 112 cm³/mol. The average Bonchev–Trinajstić information content (AvgIpc) is 2.66. The summed E-state index contributed by atoms with van der Waals surface area (Å²) < 4.78 is 1.20. The van der Waals surface area contributed by atoms with E-state index in [1.807, 2.05) is 30.8 Å². The van der Waals surface area contributed by atoms with Gasteiger partial charge in [0.15, 0.2) is 5.69 Å². The van der Waals surface area contributed by atoms with Gasteiger partial charge in [-0.05, 0) is 43.2 Å². The first-order valence-electron chi connectivity index (χ1n) is 8.95. The van der Waals surface area contributed by atoms with E-state index in [2.05, 4.69) is 30.3 Å². The normalized spacial score (nSPS) is 12.1. The fourth-order valence-corrected chi connectivity index (χ4v) is 3.84. The molecule has 0 aliphatic carbocycles. The molecule has 0 spiro atoms. The number of aryl methyl sites for hydroxylation is 2. The first kappa shape index (κ1) is 19.2. The molecule has 1 N–H and O–H groups in total. The van der Waals surface area contributed by atoms with E-state index in [0.717, 1.165) is 17.7 Å². The zero-order valence-electron chi connectivity index (χ0n) is 15.9. The third-order valence-electron chi connectivity index (χ3n) is 4.53. The van der Waals surface area contributed by atoms with Crippen LogP contribution < -0.4 is 10.9 Å². The molecule has 3 rings (SSSR count). The zero-order chi connectivity index (χ0) is 19.6. The Morgan fingerprint density at radius 3 is 2.59 bits per heavy atom. The molecule has 0 radical (unpaired) electrons. The van der Waals surface area contributed by atoms with Gasteiger partial charge in [0.1, 0.15) is 0 Å². The van der Waals surface area contributed by atoms with Crippen LogP contribution in [0.3, 0.4) is 0 Å². The molecule has 3 aromatic rings. The van der Waals surface area contributed by atoms with E-state index < -0.39 is 0 Å². The number of benzene rings is 2. The van der Waals surface area contributed by atoms with Gasteiger partial charge in [0, 0.05) is 28.3 Å². The van der Waals surface area contributed by atoms with Crippen molar-refractivity contribution in [1.82, 2.24) is 9.78 Å². The quantitative estimate of drug-likeness (QED) is 0.666. The molecule has 1 aromatic heterocycles. The topological polar surface area (TPSA) is 64.0 Å². The highest BCUT2D eigenvalue weighted by Gasteiger charge is 2.16. The number of fused-ring (bicyclic) bond motifs is 1. The lowest BCUT2D eigenvalue weighted by Crippen LogP contribution is -2.25. The number of hydrogen-bond acceptors (Lipinski definition) is 4. The maximum absolute atomic E-state index is 12.9. The number of rotatable bonds is 5. The number of aromatic nitrogens is 2. The van der Waals surface area contributed by atoms with Gasteiger partial charge in [-0.15, -0.1) is 11.8 Å². The van der Waals surface area contributed by atoms with E-state index in [4.69, 9.17) is 0 Å². The van der Waals surface area contributed by atoms with Gasteiger partial charge in [-0.3, -0.25) is 9.59 Å². The summed E-state index contributed by atoms with van der Waals surface area (Å²) in [5.41, 5.74) is 1.76. The van der Waals surface area contributed by atoms with Crippen molar-refractivity contribution in [3.63, 3.8) is 0 Å². The zero-order valence-corrected chi connectivity index (χ0v) is 16.8. The van der Waals surface area contributed by atoms with Crippen molar-refractivity contribution in [3.05, 3.63) is 64.1 Å². The first-order chi connectivity index (χ1) is 12.9. The Bertz CT molecular complexity index is 1060. The predicted octanol–water partition coefficient (Wildman–Crippen LogP) is 4.38. The molecular weight excluding hydrogens is 358 g/mol. The minimum absolute atomic E-state index is 0.218. The molecule has 1 unspecified atom stereocenters. The Morgan fingerprint density at radius 1 is 1.22 bits per heavy atom. The second kappa shape index (κ2) is 7.96. The fraction of sp³-hybridized carbons (Fsp3) is 0.286. The Hall–Kier alpha value is -2.60. The summed E-state index contributed by atoms with van der Waals surface area (Å²) >= 11 is 1.82. The Balaban J connectivity index is 1.91. The van der Waals surface area contributed by atoms with Crippen LogP contribution in [0.1, 0.15) is 36.3 Å². The van der Waals surface area contributed by atoms with Crippen molar-refractivity contribution in [2.45, 2.75) is 37.3 Å². The Labute approximate surface area is 162 Å². The van der Waals surface area contributed by atoms with Crippen LogP contribution in [0.2, 0.25) is 0 Å². The minimum Gasteiger partial charge on any atom is -0.320 e. The largest absolute Gasteiger partial charge is 0.320 e. The summed E-state index contributed by atoms with van der Waals surface area (Å²) in [5.74, 6) is -0.327. The highest BCUT2D eigenvalue weighted by atomic mass is 32.2. The lowest BCUT2D eigenvalue weighted by atomic mass is 10.1. The molecule has 0 aliphatic heterocycles. The maximum atomic E-state index is 12.9. The van der Waals surface area contributed by atoms with Gasteiger partial charge in [-0.1, -0.05) is 32.0 Å². The summed E-state index contributed by atoms with van der Waals surface area (Å²) in [6, 6.07) is 13.1. The number of nitrogens with zero attached hydrogens (tertiary/aromatic N) is 2. The molecule has 1 atom stereocenters. The van der Waals surface area contributed by atoms with Crippen molar-refractivity contribution in [3.8, 4) is 0 Å². The van der Waals surface area contributed by atoms with E-state index in [9.17, 15) is 9.59 Å². The molecule has 27 heavy (non-hydrogen) atoms. The average molecular weight is 382 g/mol. The molecule has 6 heteroatoms. The molecule has 0 bridgehead atoms. The van der Waals surface area contributed by atoms with Crippen LogP contribution in [-0.4, -0.2) is 20.9 Å². The molecule has 0 aliphatic rings. The summed E-state index contributed by atoms with van der Waals surface area (Å²) in [4.78, 5) is 26.3.